The summed E-state index contributed by atoms with van der Waals surface area (Å²) in [5.41, 5.74) is 7.42. The number of nitrogen functional groups attached to an aromatic ring is 1. The molecule has 1 saturated heterocycles. The van der Waals surface area contributed by atoms with E-state index in [-0.39, 0.29) is 12.0 Å². The van der Waals surface area contributed by atoms with Gasteiger partial charge >= 0.3 is 0 Å². The van der Waals surface area contributed by atoms with Gasteiger partial charge in [0.15, 0.2) is 0 Å². The Kier molecular flexibility index (Phi) is 4.96. The Morgan fingerprint density at radius 1 is 1.38 bits per heavy atom. The largest absolute Gasteiger partial charge is 0.497 e. The molecular formula is C18H21N3O3. The summed E-state index contributed by atoms with van der Waals surface area (Å²) in [6, 6.07) is 13.0. The van der Waals surface area contributed by atoms with Crippen LogP contribution in [-0.2, 0) is 16.0 Å². The highest BCUT2D eigenvalue weighted by Gasteiger charge is 2.26. The van der Waals surface area contributed by atoms with E-state index in [1.54, 1.807) is 13.2 Å². The lowest BCUT2D eigenvalue weighted by Gasteiger charge is -2.32. The van der Waals surface area contributed by atoms with Crippen LogP contribution in [0, 0.1) is 0 Å². The van der Waals surface area contributed by atoms with Gasteiger partial charge in [0.2, 0.25) is 5.91 Å². The number of rotatable bonds is 4. The van der Waals surface area contributed by atoms with Gasteiger partial charge in [-0.2, -0.15) is 0 Å². The van der Waals surface area contributed by atoms with Crippen LogP contribution in [-0.4, -0.2) is 42.6 Å². The number of hydrogen-bond acceptors (Lipinski definition) is 5. The molecule has 1 fully saturated rings. The van der Waals surface area contributed by atoms with Crippen LogP contribution in [0.4, 0.5) is 5.82 Å². The monoisotopic (exact) mass is 327 g/mol. The summed E-state index contributed by atoms with van der Waals surface area (Å²) in [6.45, 7) is 1.56. The van der Waals surface area contributed by atoms with Crippen molar-refractivity contribution in [1.29, 1.82) is 0 Å². The Balaban J connectivity index is 1.66. The molecule has 6 heteroatoms. The molecule has 1 aromatic carbocycles. The van der Waals surface area contributed by atoms with Crippen LogP contribution in [0.25, 0.3) is 0 Å². The van der Waals surface area contributed by atoms with Gasteiger partial charge in [-0.1, -0.05) is 18.2 Å². The maximum absolute atomic E-state index is 12.6. The lowest BCUT2D eigenvalue weighted by Crippen LogP contribution is -2.43. The quantitative estimate of drug-likeness (QED) is 0.927. The molecule has 24 heavy (non-hydrogen) atoms. The molecule has 0 saturated carbocycles. The van der Waals surface area contributed by atoms with Crippen molar-refractivity contribution >= 4 is 11.7 Å². The Bertz CT molecular complexity index is 720. The average molecular weight is 327 g/mol. The first-order valence-electron chi connectivity index (χ1n) is 7.90. The fourth-order valence-corrected chi connectivity index (χ4v) is 2.77. The van der Waals surface area contributed by atoms with Crippen LogP contribution in [0.15, 0.2) is 42.5 Å². The number of hydrogen-bond donors (Lipinski definition) is 1. The average Bonchev–Trinajstić information content (AvgIpc) is 2.62. The lowest BCUT2D eigenvalue weighted by atomic mass is 10.1. The standard InChI is InChI=1S/C18H21N3O3/c1-23-14-5-2-4-13(10-14)11-18(22)21-8-9-24-16(12-21)15-6-3-7-17(19)20-15/h2-7,10,16H,8-9,11-12H2,1H3,(H2,19,20). The maximum Gasteiger partial charge on any atom is 0.227 e. The zero-order chi connectivity index (χ0) is 16.9. The number of benzene rings is 1. The third-order valence-electron chi connectivity index (χ3n) is 4.03. The van der Waals surface area contributed by atoms with Crippen LogP contribution in [0.1, 0.15) is 17.4 Å². The van der Waals surface area contributed by atoms with Gasteiger partial charge in [-0.25, -0.2) is 4.98 Å². The zero-order valence-corrected chi connectivity index (χ0v) is 13.6. The number of amides is 1. The molecule has 0 radical (unpaired) electrons. The minimum Gasteiger partial charge on any atom is -0.497 e. The van der Waals surface area contributed by atoms with Crippen molar-refractivity contribution in [3.8, 4) is 5.75 Å². The number of methoxy groups -OCH3 is 1. The van der Waals surface area contributed by atoms with Gasteiger partial charge in [0.25, 0.3) is 0 Å². The highest BCUT2D eigenvalue weighted by atomic mass is 16.5. The first kappa shape index (κ1) is 16.3. The van der Waals surface area contributed by atoms with E-state index in [4.69, 9.17) is 15.2 Å². The second kappa shape index (κ2) is 7.31. The maximum atomic E-state index is 12.6. The summed E-state index contributed by atoms with van der Waals surface area (Å²) < 4.78 is 11.0. The molecule has 3 rings (SSSR count). The third-order valence-corrected chi connectivity index (χ3v) is 4.03. The first-order valence-corrected chi connectivity index (χ1v) is 7.90. The molecule has 0 spiro atoms. The van der Waals surface area contributed by atoms with Gasteiger partial charge in [-0.05, 0) is 29.8 Å². The van der Waals surface area contributed by atoms with E-state index in [1.807, 2.05) is 41.3 Å². The van der Waals surface area contributed by atoms with Crippen molar-refractivity contribution in [2.75, 3.05) is 32.5 Å². The topological polar surface area (TPSA) is 77.7 Å². The molecule has 1 unspecified atom stereocenters. The molecule has 1 aliphatic rings. The molecule has 2 N–H and O–H groups in total. The van der Waals surface area contributed by atoms with Crippen LogP contribution in [0.2, 0.25) is 0 Å². The molecule has 0 aliphatic carbocycles. The summed E-state index contributed by atoms with van der Waals surface area (Å²) in [7, 11) is 1.62. The van der Waals surface area contributed by atoms with Crippen LogP contribution < -0.4 is 10.5 Å². The lowest BCUT2D eigenvalue weighted by molar-refractivity contribution is -0.138. The zero-order valence-electron chi connectivity index (χ0n) is 13.6. The molecule has 1 amide bonds. The molecule has 126 valence electrons. The van der Waals surface area contributed by atoms with Crippen LogP contribution in [0.3, 0.4) is 0 Å². The number of nitrogens with zero attached hydrogens (tertiary/aromatic N) is 2. The van der Waals surface area contributed by atoms with Crippen molar-refractivity contribution in [2.45, 2.75) is 12.5 Å². The molecule has 1 aromatic heterocycles. The van der Waals surface area contributed by atoms with E-state index >= 15 is 0 Å². The number of pyridine rings is 1. The number of ether oxygens (including phenoxy) is 2. The molecule has 0 bridgehead atoms. The molecular weight excluding hydrogens is 306 g/mol. The van der Waals surface area contributed by atoms with Crippen molar-refractivity contribution < 1.29 is 14.3 Å². The summed E-state index contributed by atoms with van der Waals surface area (Å²) in [4.78, 5) is 18.7. The number of anilines is 1. The summed E-state index contributed by atoms with van der Waals surface area (Å²) in [5, 5.41) is 0. The number of carbonyl (C=O) groups is 1. The van der Waals surface area contributed by atoms with E-state index < -0.39 is 0 Å². The SMILES string of the molecule is COc1cccc(CC(=O)N2CCOC(c3cccc(N)n3)C2)c1. The van der Waals surface area contributed by atoms with Crippen LogP contribution >= 0.6 is 0 Å². The Hall–Kier alpha value is -2.60. The van der Waals surface area contributed by atoms with Gasteiger partial charge < -0.3 is 20.1 Å². The van der Waals surface area contributed by atoms with E-state index in [1.165, 1.54) is 0 Å². The molecule has 2 heterocycles. The normalized spacial score (nSPS) is 17.5. The van der Waals surface area contributed by atoms with Crippen molar-refractivity contribution in [1.82, 2.24) is 9.88 Å². The molecule has 1 atom stereocenters. The minimum absolute atomic E-state index is 0.0699. The van der Waals surface area contributed by atoms with Crippen LogP contribution in [0.5, 0.6) is 5.75 Å². The van der Waals surface area contributed by atoms with Gasteiger partial charge in [0.05, 0.1) is 32.4 Å². The van der Waals surface area contributed by atoms with E-state index in [0.29, 0.717) is 31.9 Å². The molecule has 1 aliphatic heterocycles. The van der Waals surface area contributed by atoms with E-state index in [0.717, 1.165) is 17.0 Å². The van der Waals surface area contributed by atoms with Gasteiger partial charge in [0, 0.05) is 6.54 Å². The molecule has 2 aromatic rings. The van der Waals surface area contributed by atoms with Gasteiger partial charge in [-0.3, -0.25) is 4.79 Å². The Morgan fingerprint density at radius 3 is 3.00 bits per heavy atom. The second-order valence-electron chi connectivity index (χ2n) is 5.71. The first-order chi connectivity index (χ1) is 11.7. The second-order valence-corrected chi connectivity index (χ2v) is 5.71. The van der Waals surface area contributed by atoms with E-state index in [2.05, 4.69) is 4.98 Å². The predicted octanol–water partition coefficient (Wildman–Crippen LogP) is 1.81. The van der Waals surface area contributed by atoms with Crippen molar-refractivity contribution in [3.05, 3.63) is 53.7 Å². The van der Waals surface area contributed by atoms with Crippen molar-refractivity contribution in [3.63, 3.8) is 0 Å². The third kappa shape index (κ3) is 3.83. The van der Waals surface area contributed by atoms with Gasteiger partial charge in [0.1, 0.15) is 17.7 Å². The smallest absolute Gasteiger partial charge is 0.227 e. The Morgan fingerprint density at radius 2 is 2.21 bits per heavy atom. The predicted molar refractivity (Wildman–Crippen MR) is 90.6 cm³/mol. The Labute approximate surface area is 141 Å². The van der Waals surface area contributed by atoms with Crippen molar-refractivity contribution in [2.24, 2.45) is 0 Å². The molecule has 6 nitrogen and oxygen atoms in total. The van der Waals surface area contributed by atoms with E-state index in [9.17, 15) is 4.79 Å². The fraction of sp³-hybridized carbons (Fsp3) is 0.333. The summed E-state index contributed by atoms with van der Waals surface area (Å²) >= 11 is 0. The summed E-state index contributed by atoms with van der Waals surface area (Å²) in [5.74, 6) is 1.28. The highest BCUT2D eigenvalue weighted by molar-refractivity contribution is 5.79. The fourth-order valence-electron chi connectivity index (χ4n) is 2.77. The number of carbonyl (C=O) groups excluding carboxylic acids is 1. The highest BCUT2D eigenvalue weighted by Crippen LogP contribution is 2.22. The number of aromatic nitrogens is 1. The minimum atomic E-state index is -0.239. The van der Waals surface area contributed by atoms with Gasteiger partial charge in [-0.15, -0.1) is 0 Å². The number of nitrogens with two attached hydrogens (primary N) is 1. The summed E-state index contributed by atoms with van der Waals surface area (Å²) in [6.07, 6.45) is 0.102. The number of morpholine rings is 1.